The Kier molecular flexibility index (Phi) is 5.23. The van der Waals surface area contributed by atoms with Crippen LogP contribution in [0.3, 0.4) is 0 Å². The van der Waals surface area contributed by atoms with Crippen molar-refractivity contribution < 1.29 is 4.79 Å². The minimum atomic E-state index is 0.369. The summed E-state index contributed by atoms with van der Waals surface area (Å²) in [6, 6.07) is 0. The van der Waals surface area contributed by atoms with Crippen LogP contribution < -0.4 is 5.73 Å². The quantitative estimate of drug-likeness (QED) is 0.830. The average molecular weight is 251 g/mol. The predicted molar refractivity (Wildman–Crippen MR) is 75.2 cm³/mol. The highest BCUT2D eigenvalue weighted by atomic mass is 16.1. The Labute approximate surface area is 112 Å². The Hall–Kier alpha value is -0.370. The topological polar surface area (TPSA) is 43.1 Å². The highest BCUT2D eigenvalue weighted by Gasteiger charge is 2.33. The lowest BCUT2D eigenvalue weighted by molar-refractivity contribution is -0.129. The Balaban J connectivity index is 1.83. The Morgan fingerprint density at radius 1 is 1.00 bits per heavy atom. The fraction of sp³-hybridized carbons (Fsp3) is 0.938. The smallest absolute Gasteiger partial charge is 0.139 e. The summed E-state index contributed by atoms with van der Waals surface area (Å²) in [5, 5.41) is 0. The van der Waals surface area contributed by atoms with Crippen molar-refractivity contribution in [3.05, 3.63) is 0 Å². The molecule has 0 bridgehead atoms. The number of carbonyl (C=O) groups is 1. The van der Waals surface area contributed by atoms with Crippen LogP contribution in [-0.4, -0.2) is 12.3 Å². The fourth-order valence-electron chi connectivity index (χ4n) is 3.94. The van der Waals surface area contributed by atoms with Crippen LogP contribution in [0.5, 0.6) is 0 Å². The minimum Gasteiger partial charge on any atom is -0.330 e. The second-order valence-corrected chi connectivity index (χ2v) is 6.49. The molecule has 0 saturated heterocycles. The van der Waals surface area contributed by atoms with E-state index in [1.54, 1.807) is 0 Å². The molecule has 2 atom stereocenters. The number of ketones is 1. The van der Waals surface area contributed by atoms with E-state index in [0.29, 0.717) is 23.5 Å². The van der Waals surface area contributed by atoms with E-state index in [1.807, 2.05) is 0 Å². The third-order valence-electron chi connectivity index (χ3n) is 5.34. The van der Waals surface area contributed by atoms with Crippen LogP contribution in [0.1, 0.15) is 64.7 Å². The molecule has 2 heteroatoms. The average Bonchev–Trinajstić information content (AvgIpc) is 2.46. The van der Waals surface area contributed by atoms with E-state index < -0.39 is 0 Å². The zero-order chi connectivity index (χ0) is 13.0. The summed E-state index contributed by atoms with van der Waals surface area (Å²) in [5.41, 5.74) is 5.72. The standard InChI is InChI=1S/C16H29NO/c1-2-12-4-3-5-15(10-12)16(18)14-8-6-13(11-17)7-9-14/h12-15H,2-11,17H2,1H3. The molecule has 104 valence electrons. The third kappa shape index (κ3) is 3.34. The number of Topliss-reactive ketones (excluding diaryl/α,β-unsaturated/α-hetero) is 1. The molecule has 0 radical (unpaired) electrons. The molecule has 0 amide bonds. The molecule has 2 N–H and O–H groups in total. The van der Waals surface area contributed by atoms with Gasteiger partial charge in [-0.25, -0.2) is 0 Å². The van der Waals surface area contributed by atoms with Gasteiger partial charge in [0.05, 0.1) is 0 Å². The SMILES string of the molecule is CCC1CCCC(C(=O)C2CCC(CN)CC2)C1. The fourth-order valence-corrected chi connectivity index (χ4v) is 3.94. The normalized spacial score (nSPS) is 37.4. The van der Waals surface area contributed by atoms with Crippen molar-refractivity contribution in [3.8, 4) is 0 Å². The maximum Gasteiger partial charge on any atom is 0.139 e. The zero-order valence-electron chi connectivity index (χ0n) is 11.9. The van der Waals surface area contributed by atoms with E-state index >= 15 is 0 Å². The molecule has 0 aromatic carbocycles. The molecular weight excluding hydrogens is 222 g/mol. The van der Waals surface area contributed by atoms with Crippen LogP contribution in [0, 0.1) is 23.7 Å². The first-order valence-electron chi connectivity index (χ1n) is 7.98. The molecule has 2 fully saturated rings. The van der Waals surface area contributed by atoms with Gasteiger partial charge in [-0.05, 0) is 56.9 Å². The summed E-state index contributed by atoms with van der Waals surface area (Å²) >= 11 is 0. The first kappa shape index (κ1) is 14.0. The number of nitrogens with two attached hydrogens (primary N) is 1. The summed E-state index contributed by atoms with van der Waals surface area (Å²) in [6.07, 6.45) is 10.8. The van der Waals surface area contributed by atoms with Gasteiger partial charge in [0.25, 0.3) is 0 Å². The molecule has 2 aliphatic rings. The summed E-state index contributed by atoms with van der Waals surface area (Å²) in [6.45, 7) is 3.08. The molecule has 2 unspecified atom stereocenters. The molecule has 2 saturated carbocycles. The lowest BCUT2D eigenvalue weighted by atomic mass is 9.71. The van der Waals surface area contributed by atoms with Gasteiger partial charge in [-0.2, -0.15) is 0 Å². The van der Waals surface area contributed by atoms with Crippen LogP contribution in [0.4, 0.5) is 0 Å². The molecule has 18 heavy (non-hydrogen) atoms. The highest BCUT2D eigenvalue weighted by molar-refractivity contribution is 5.83. The first-order chi connectivity index (χ1) is 8.74. The van der Waals surface area contributed by atoms with Gasteiger partial charge in [-0.1, -0.05) is 26.2 Å². The van der Waals surface area contributed by atoms with Crippen molar-refractivity contribution in [3.63, 3.8) is 0 Å². The Morgan fingerprint density at radius 3 is 2.33 bits per heavy atom. The number of rotatable bonds is 4. The van der Waals surface area contributed by atoms with Gasteiger partial charge in [0.15, 0.2) is 0 Å². The monoisotopic (exact) mass is 251 g/mol. The van der Waals surface area contributed by atoms with Gasteiger partial charge >= 0.3 is 0 Å². The van der Waals surface area contributed by atoms with E-state index in [4.69, 9.17) is 5.73 Å². The van der Waals surface area contributed by atoms with Gasteiger partial charge < -0.3 is 5.73 Å². The summed E-state index contributed by atoms with van der Waals surface area (Å²) < 4.78 is 0. The van der Waals surface area contributed by atoms with Gasteiger partial charge in [0, 0.05) is 11.8 Å². The predicted octanol–water partition coefficient (Wildman–Crippen LogP) is 3.54. The van der Waals surface area contributed by atoms with Gasteiger partial charge in [0.1, 0.15) is 5.78 Å². The molecule has 2 rings (SSSR count). The van der Waals surface area contributed by atoms with Gasteiger partial charge in [-0.15, -0.1) is 0 Å². The van der Waals surface area contributed by atoms with Crippen LogP contribution in [0.15, 0.2) is 0 Å². The maximum atomic E-state index is 12.6. The first-order valence-corrected chi connectivity index (χ1v) is 7.98. The van der Waals surface area contributed by atoms with E-state index in [1.165, 1.54) is 38.5 Å². The van der Waals surface area contributed by atoms with E-state index in [2.05, 4.69) is 6.92 Å². The largest absolute Gasteiger partial charge is 0.330 e. The second-order valence-electron chi connectivity index (χ2n) is 6.49. The van der Waals surface area contributed by atoms with Gasteiger partial charge in [-0.3, -0.25) is 4.79 Å². The molecule has 2 nitrogen and oxygen atoms in total. The number of hydrogen-bond donors (Lipinski definition) is 1. The van der Waals surface area contributed by atoms with Crippen LogP contribution in [0.2, 0.25) is 0 Å². The van der Waals surface area contributed by atoms with Crippen molar-refractivity contribution in [1.82, 2.24) is 0 Å². The van der Waals surface area contributed by atoms with Gasteiger partial charge in [0.2, 0.25) is 0 Å². The summed E-state index contributed by atoms with van der Waals surface area (Å²) in [5.74, 6) is 2.86. The molecular formula is C16H29NO. The molecule has 0 heterocycles. The van der Waals surface area contributed by atoms with Crippen molar-refractivity contribution in [1.29, 1.82) is 0 Å². The van der Waals surface area contributed by atoms with E-state index in [9.17, 15) is 4.79 Å². The van der Waals surface area contributed by atoms with Crippen LogP contribution >= 0.6 is 0 Å². The zero-order valence-corrected chi connectivity index (χ0v) is 11.9. The third-order valence-corrected chi connectivity index (χ3v) is 5.34. The molecule has 2 aliphatic carbocycles. The highest BCUT2D eigenvalue weighted by Crippen LogP contribution is 2.37. The van der Waals surface area contributed by atoms with Crippen molar-refractivity contribution in [2.24, 2.45) is 29.4 Å². The van der Waals surface area contributed by atoms with E-state index in [-0.39, 0.29) is 0 Å². The summed E-state index contributed by atoms with van der Waals surface area (Å²) in [4.78, 5) is 12.6. The lowest BCUT2D eigenvalue weighted by Crippen LogP contribution is -2.32. The maximum absolute atomic E-state index is 12.6. The second kappa shape index (κ2) is 6.70. The van der Waals surface area contributed by atoms with Crippen LogP contribution in [-0.2, 0) is 4.79 Å². The minimum absolute atomic E-state index is 0.369. The summed E-state index contributed by atoms with van der Waals surface area (Å²) in [7, 11) is 0. The lowest BCUT2D eigenvalue weighted by Gasteiger charge is -2.33. The Bertz CT molecular complexity index is 268. The molecule has 0 aromatic heterocycles. The Morgan fingerprint density at radius 2 is 1.72 bits per heavy atom. The molecule has 0 aromatic rings. The van der Waals surface area contributed by atoms with Crippen LogP contribution in [0.25, 0.3) is 0 Å². The number of carbonyl (C=O) groups excluding carboxylic acids is 1. The van der Waals surface area contributed by atoms with Crippen molar-refractivity contribution in [2.75, 3.05) is 6.54 Å². The molecule has 0 spiro atoms. The van der Waals surface area contributed by atoms with Crippen molar-refractivity contribution >= 4 is 5.78 Å². The number of hydrogen-bond acceptors (Lipinski definition) is 2. The molecule has 0 aliphatic heterocycles. The van der Waals surface area contributed by atoms with E-state index in [0.717, 1.165) is 31.7 Å². The van der Waals surface area contributed by atoms with Crippen molar-refractivity contribution in [2.45, 2.75) is 64.7 Å².